The Morgan fingerprint density at radius 3 is 3.19 bits per heavy atom. The van der Waals surface area contributed by atoms with E-state index in [0.717, 1.165) is 37.5 Å². The van der Waals surface area contributed by atoms with Crippen molar-refractivity contribution in [3.8, 4) is 0 Å². The van der Waals surface area contributed by atoms with Gasteiger partial charge in [-0.05, 0) is 25.8 Å². The summed E-state index contributed by atoms with van der Waals surface area (Å²) in [5, 5.41) is 7.50. The van der Waals surface area contributed by atoms with Gasteiger partial charge in [0, 0.05) is 6.42 Å². The maximum Gasteiger partial charge on any atom is 0.243 e. The number of hydrogen-bond acceptors (Lipinski definition) is 4. The van der Waals surface area contributed by atoms with Crippen LogP contribution in [0.4, 0.5) is 0 Å². The molecule has 0 aliphatic carbocycles. The van der Waals surface area contributed by atoms with Crippen LogP contribution in [0.25, 0.3) is 0 Å². The Kier molecular flexibility index (Phi) is 4.34. The minimum Gasteiger partial charge on any atom is -0.338 e. The van der Waals surface area contributed by atoms with Crippen LogP contribution in [0.2, 0.25) is 0 Å². The predicted octanol–water partition coefficient (Wildman–Crippen LogP) is 2.62. The number of aromatic nitrogens is 2. The lowest BCUT2D eigenvalue weighted by molar-refractivity contribution is 0.324. The van der Waals surface area contributed by atoms with Gasteiger partial charge >= 0.3 is 0 Å². The quantitative estimate of drug-likeness (QED) is 0.852. The third-order valence-electron chi connectivity index (χ3n) is 3.10. The van der Waals surface area contributed by atoms with Crippen LogP contribution in [0.5, 0.6) is 0 Å². The largest absolute Gasteiger partial charge is 0.338 e. The van der Waals surface area contributed by atoms with Gasteiger partial charge in [-0.2, -0.15) is 4.98 Å². The van der Waals surface area contributed by atoms with Crippen LogP contribution in [-0.4, -0.2) is 16.7 Å². The molecule has 2 heterocycles. The molecule has 0 radical (unpaired) electrons. The molecule has 0 spiro atoms. The van der Waals surface area contributed by atoms with E-state index in [0.29, 0.717) is 0 Å². The highest BCUT2D eigenvalue weighted by Crippen LogP contribution is 2.21. The average molecular weight is 223 g/mol. The van der Waals surface area contributed by atoms with Gasteiger partial charge in [-0.15, -0.1) is 0 Å². The molecule has 2 rings (SSSR count). The van der Waals surface area contributed by atoms with E-state index >= 15 is 0 Å². The van der Waals surface area contributed by atoms with Crippen LogP contribution < -0.4 is 5.32 Å². The lowest BCUT2D eigenvalue weighted by Crippen LogP contribution is -2.20. The van der Waals surface area contributed by atoms with E-state index in [1.807, 2.05) is 0 Å². The summed E-state index contributed by atoms with van der Waals surface area (Å²) in [5.41, 5.74) is 0. The van der Waals surface area contributed by atoms with Crippen molar-refractivity contribution < 1.29 is 4.52 Å². The van der Waals surface area contributed by atoms with Crippen molar-refractivity contribution >= 4 is 0 Å². The van der Waals surface area contributed by atoms with Gasteiger partial charge in [0.25, 0.3) is 0 Å². The fourth-order valence-electron chi connectivity index (χ4n) is 2.08. The highest BCUT2D eigenvalue weighted by molar-refractivity contribution is 4.93. The molecule has 1 fully saturated rings. The van der Waals surface area contributed by atoms with Gasteiger partial charge in [-0.25, -0.2) is 0 Å². The van der Waals surface area contributed by atoms with Crippen molar-refractivity contribution in [1.82, 2.24) is 15.5 Å². The van der Waals surface area contributed by atoms with Crippen molar-refractivity contribution in [2.24, 2.45) is 0 Å². The molecular weight excluding hydrogens is 202 g/mol. The molecule has 0 saturated carbocycles. The third-order valence-corrected chi connectivity index (χ3v) is 3.10. The zero-order valence-electron chi connectivity index (χ0n) is 10.0. The molecule has 1 N–H and O–H groups in total. The number of nitrogens with one attached hydrogen (secondary N) is 1. The Bertz CT molecular complexity index is 303. The lowest BCUT2D eigenvalue weighted by Gasteiger charge is -2.09. The maximum atomic E-state index is 5.33. The summed E-state index contributed by atoms with van der Waals surface area (Å²) in [7, 11) is 0. The molecule has 16 heavy (non-hydrogen) atoms. The zero-order valence-corrected chi connectivity index (χ0v) is 10.0. The van der Waals surface area contributed by atoms with Crippen LogP contribution in [0.3, 0.4) is 0 Å². The first-order valence-corrected chi connectivity index (χ1v) is 6.46. The first-order valence-electron chi connectivity index (χ1n) is 6.46. The SMILES string of the molecule is CCCCc1noc(C2CCCCCN2)n1. The first-order chi connectivity index (χ1) is 7.90. The van der Waals surface area contributed by atoms with Gasteiger partial charge in [-0.3, -0.25) is 0 Å². The molecular formula is C12H21N3O. The van der Waals surface area contributed by atoms with E-state index in [4.69, 9.17) is 4.52 Å². The fourth-order valence-corrected chi connectivity index (χ4v) is 2.08. The van der Waals surface area contributed by atoms with E-state index in [1.54, 1.807) is 0 Å². The van der Waals surface area contributed by atoms with Gasteiger partial charge < -0.3 is 9.84 Å². The highest BCUT2D eigenvalue weighted by Gasteiger charge is 2.19. The van der Waals surface area contributed by atoms with Crippen LogP contribution >= 0.6 is 0 Å². The minimum absolute atomic E-state index is 0.283. The Morgan fingerprint density at radius 2 is 2.31 bits per heavy atom. The van der Waals surface area contributed by atoms with E-state index in [9.17, 15) is 0 Å². The van der Waals surface area contributed by atoms with Gasteiger partial charge in [0.05, 0.1) is 6.04 Å². The van der Waals surface area contributed by atoms with Gasteiger partial charge in [0.1, 0.15) is 0 Å². The van der Waals surface area contributed by atoms with Crippen LogP contribution in [0.15, 0.2) is 4.52 Å². The normalized spacial score (nSPS) is 21.9. The fraction of sp³-hybridized carbons (Fsp3) is 0.833. The second-order valence-corrected chi connectivity index (χ2v) is 4.51. The molecule has 1 unspecified atom stereocenters. The zero-order chi connectivity index (χ0) is 11.2. The Labute approximate surface area is 96.8 Å². The lowest BCUT2D eigenvalue weighted by atomic mass is 10.1. The topological polar surface area (TPSA) is 51.0 Å². The Hall–Kier alpha value is -0.900. The molecule has 1 aliphatic rings. The molecule has 1 aliphatic heterocycles. The molecule has 1 aromatic rings. The van der Waals surface area contributed by atoms with Crippen LogP contribution in [0, 0.1) is 0 Å². The summed E-state index contributed by atoms with van der Waals surface area (Å²) in [6.45, 7) is 3.24. The summed E-state index contributed by atoms with van der Waals surface area (Å²) in [6, 6.07) is 0.283. The second kappa shape index (κ2) is 5.99. The number of rotatable bonds is 4. The van der Waals surface area contributed by atoms with Crippen LogP contribution in [0.1, 0.15) is 63.2 Å². The van der Waals surface area contributed by atoms with Crippen molar-refractivity contribution in [3.05, 3.63) is 11.7 Å². The van der Waals surface area contributed by atoms with Crippen molar-refractivity contribution in [2.75, 3.05) is 6.54 Å². The average Bonchev–Trinajstić information content (AvgIpc) is 2.60. The summed E-state index contributed by atoms with van der Waals surface area (Å²) in [5.74, 6) is 1.65. The minimum atomic E-state index is 0.283. The number of hydrogen-bond donors (Lipinski definition) is 1. The first kappa shape index (κ1) is 11.6. The standard InChI is InChI=1S/C12H21N3O/c1-2-3-8-11-14-12(16-15-11)10-7-5-4-6-9-13-10/h10,13H,2-9H2,1H3. The van der Waals surface area contributed by atoms with Crippen molar-refractivity contribution in [2.45, 2.75) is 57.9 Å². The molecule has 1 aromatic heterocycles. The summed E-state index contributed by atoms with van der Waals surface area (Å²) in [6.07, 6.45) is 8.18. The molecule has 4 nitrogen and oxygen atoms in total. The highest BCUT2D eigenvalue weighted by atomic mass is 16.5. The van der Waals surface area contributed by atoms with Gasteiger partial charge in [0.2, 0.25) is 5.89 Å². The van der Waals surface area contributed by atoms with Crippen molar-refractivity contribution in [3.63, 3.8) is 0 Å². The van der Waals surface area contributed by atoms with Crippen molar-refractivity contribution in [1.29, 1.82) is 0 Å². The van der Waals surface area contributed by atoms with E-state index in [-0.39, 0.29) is 6.04 Å². The van der Waals surface area contributed by atoms with E-state index in [1.165, 1.54) is 25.7 Å². The van der Waals surface area contributed by atoms with Crippen LogP contribution in [-0.2, 0) is 6.42 Å². The third kappa shape index (κ3) is 3.04. The van der Waals surface area contributed by atoms with Gasteiger partial charge in [-0.1, -0.05) is 31.3 Å². The Balaban J connectivity index is 1.94. The number of aryl methyl sites for hydroxylation is 1. The monoisotopic (exact) mass is 223 g/mol. The second-order valence-electron chi connectivity index (χ2n) is 4.51. The smallest absolute Gasteiger partial charge is 0.243 e. The van der Waals surface area contributed by atoms with E-state index < -0.39 is 0 Å². The molecule has 1 atom stereocenters. The predicted molar refractivity (Wildman–Crippen MR) is 62.1 cm³/mol. The summed E-state index contributed by atoms with van der Waals surface area (Å²) in [4.78, 5) is 4.47. The summed E-state index contributed by atoms with van der Waals surface area (Å²) >= 11 is 0. The molecule has 0 amide bonds. The van der Waals surface area contributed by atoms with E-state index in [2.05, 4.69) is 22.4 Å². The molecule has 90 valence electrons. The maximum absolute atomic E-state index is 5.33. The molecule has 1 saturated heterocycles. The van der Waals surface area contributed by atoms with Gasteiger partial charge in [0.15, 0.2) is 5.82 Å². The summed E-state index contributed by atoms with van der Waals surface area (Å²) < 4.78 is 5.33. The molecule has 0 bridgehead atoms. The molecule has 0 aromatic carbocycles. The Morgan fingerprint density at radius 1 is 1.38 bits per heavy atom. The molecule has 4 heteroatoms. The number of nitrogens with zero attached hydrogens (tertiary/aromatic N) is 2. The number of unbranched alkanes of at least 4 members (excludes halogenated alkanes) is 1.